The zero-order valence-corrected chi connectivity index (χ0v) is 27.3. The van der Waals surface area contributed by atoms with Crippen LogP contribution in [0.4, 0.5) is 5.69 Å². The van der Waals surface area contributed by atoms with Crippen LogP contribution in [0.2, 0.25) is 10.0 Å². The van der Waals surface area contributed by atoms with Gasteiger partial charge in [-0.15, -0.1) is 0 Å². The van der Waals surface area contributed by atoms with Gasteiger partial charge in [-0.2, -0.15) is 0 Å². The lowest BCUT2D eigenvalue weighted by Crippen LogP contribution is -2.13. The van der Waals surface area contributed by atoms with Crippen molar-refractivity contribution in [3.63, 3.8) is 0 Å². The average molecular weight is 663 g/mol. The Balaban J connectivity index is 1.41. The molecule has 10 heteroatoms. The molecule has 0 unspecified atom stereocenters. The number of nitrogens with zero attached hydrogens (tertiary/aromatic N) is 2. The topological polar surface area (TPSA) is 90.3 Å². The summed E-state index contributed by atoms with van der Waals surface area (Å²) >= 11 is 12.7. The quantitative estimate of drug-likeness (QED) is 0.136. The Morgan fingerprint density at radius 3 is 2.33 bits per heavy atom. The predicted molar refractivity (Wildman–Crippen MR) is 180 cm³/mol. The zero-order valence-electron chi connectivity index (χ0n) is 25.0. The summed E-state index contributed by atoms with van der Waals surface area (Å²) < 4.78 is 35.9. The van der Waals surface area contributed by atoms with E-state index >= 15 is 0 Å². The SMILES string of the molecule is CCCCc1ccc(S(=O)(=O)Nc2cccc(Cc3nc(-c4ccc(Cl)cc4Cl)cn3Cc3ccc(C(=O)OC)cc3)c2)cc1. The fourth-order valence-corrected chi connectivity index (χ4v) is 6.53. The minimum absolute atomic E-state index is 0.214. The summed E-state index contributed by atoms with van der Waals surface area (Å²) in [5.41, 5.74) is 5.28. The van der Waals surface area contributed by atoms with Gasteiger partial charge in [-0.25, -0.2) is 18.2 Å². The number of rotatable bonds is 12. The van der Waals surface area contributed by atoms with Crippen molar-refractivity contribution in [3.8, 4) is 11.3 Å². The highest BCUT2D eigenvalue weighted by Gasteiger charge is 2.17. The number of sulfonamides is 1. The smallest absolute Gasteiger partial charge is 0.337 e. The van der Waals surface area contributed by atoms with Gasteiger partial charge in [-0.1, -0.05) is 72.9 Å². The maximum absolute atomic E-state index is 13.2. The number of unbranched alkanes of at least 4 members (excludes halogenated alkanes) is 1. The van der Waals surface area contributed by atoms with Gasteiger partial charge in [-0.3, -0.25) is 4.72 Å². The Hall–Kier alpha value is -4.11. The number of hydrogen-bond acceptors (Lipinski definition) is 5. The predicted octanol–water partition coefficient (Wildman–Crippen LogP) is 8.43. The molecule has 7 nitrogen and oxygen atoms in total. The summed E-state index contributed by atoms with van der Waals surface area (Å²) in [7, 11) is -2.42. The van der Waals surface area contributed by atoms with Crippen LogP contribution in [0.1, 0.15) is 52.6 Å². The number of halogens is 2. The molecule has 0 saturated heterocycles. The van der Waals surface area contributed by atoms with Crippen LogP contribution in [0.25, 0.3) is 11.3 Å². The number of nitrogens with one attached hydrogen (secondary N) is 1. The lowest BCUT2D eigenvalue weighted by atomic mass is 10.1. The van der Waals surface area contributed by atoms with E-state index in [1.54, 1.807) is 42.5 Å². The van der Waals surface area contributed by atoms with Crippen LogP contribution in [0.5, 0.6) is 0 Å². The van der Waals surface area contributed by atoms with Crippen molar-refractivity contribution in [3.05, 3.63) is 135 Å². The van der Waals surface area contributed by atoms with E-state index in [1.165, 1.54) is 7.11 Å². The van der Waals surface area contributed by atoms with Crippen molar-refractivity contribution in [2.45, 2.75) is 44.0 Å². The molecule has 0 aliphatic rings. The lowest BCUT2D eigenvalue weighted by Gasteiger charge is -2.11. The minimum Gasteiger partial charge on any atom is -0.465 e. The third kappa shape index (κ3) is 8.14. The number of carbonyl (C=O) groups is 1. The molecule has 1 heterocycles. The molecule has 0 fully saturated rings. The first-order chi connectivity index (χ1) is 21.6. The van der Waals surface area contributed by atoms with Gasteiger partial charge < -0.3 is 9.30 Å². The van der Waals surface area contributed by atoms with Gasteiger partial charge >= 0.3 is 5.97 Å². The molecule has 5 rings (SSSR count). The number of methoxy groups -OCH3 is 1. The molecule has 232 valence electrons. The Labute approximate surface area is 273 Å². The molecule has 0 bridgehead atoms. The molecule has 0 saturated carbocycles. The van der Waals surface area contributed by atoms with Crippen LogP contribution in [0.15, 0.2) is 102 Å². The lowest BCUT2D eigenvalue weighted by molar-refractivity contribution is 0.0600. The first-order valence-electron chi connectivity index (χ1n) is 14.5. The number of benzene rings is 4. The Kier molecular flexibility index (Phi) is 10.3. The van der Waals surface area contributed by atoms with Crippen molar-refractivity contribution in [2.24, 2.45) is 0 Å². The minimum atomic E-state index is -3.77. The van der Waals surface area contributed by atoms with Gasteiger partial charge in [0.05, 0.1) is 28.3 Å². The van der Waals surface area contributed by atoms with E-state index < -0.39 is 16.0 Å². The molecule has 1 N–H and O–H groups in total. The molecule has 1 aromatic heterocycles. The monoisotopic (exact) mass is 661 g/mol. The molecule has 0 aliphatic carbocycles. The maximum Gasteiger partial charge on any atom is 0.337 e. The normalized spacial score (nSPS) is 11.4. The number of aryl methyl sites for hydroxylation is 1. The summed E-state index contributed by atoms with van der Waals surface area (Å²) in [6.45, 7) is 2.61. The highest BCUT2D eigenvalue weighted by molar-refractivity contribution is 7.92. The van der Waals surface area contributed by atoms with Crippen molar-refractivity contribution < 1.29 is 17.9 Å². The standard InChI is InChI=1S/C35H33Cl2N3O4S/c1-3-4-6-24-11-16-30(17-12-24)45(42,43)39-29-8-5-7-26(19-29)20-34-38-33(31-18-15-28(36)21-32(31)37)23-40(34)22-25-9-13-27(14-10-25)35(41)44-2/h5,7-19,21,23,39H,3-4,6,20,22H2,1-2H3. The molecule has 5 aromatic rings. The molecule has 0 radical (unpaired) electrons. The van der Waals surface area contributed by atoms with Crippen LogP contribution >= 0.6 is 23.2 Å². The molecule has 0 atom stereocenters. The van der Waals surface area contributed by atoms with Gasteiger partial charge in [0.2, 0.25) is 0 Å². The average Bonchev–Trinajstić information content (AvgIpc) is 3.41. The second-order valence-electron chi connectivity index (χ2n) is 10.7. The van der Waals surface area contributed by atoms with Crippen LogP contribution in [0.3, 0.4) is 0 Å². The van der Waals surface area contributed by atoms with Gasteiger partial charge in [0.1, 0.15) is 5.82 Å². The molecule has 0 aliphatic heterocycles. The fraction of sp³-hybridized carbons (Fsp3) is 0.200. The molecule has 0 amide bonds. The van der Waals surface area contributed by atoms with E-state index in [2.05, 4.69) is 11.6 Å². The number of aromatic nitrogens is 2. The number of esters is 1. The van der Waals surface area contributed by atoms with Crippen molar-refractivity contribution in [2.75, 3.05) is 11.8 Å². The Bertz CT molecular complexity index is 1900. The summed E-state index contributed by atoms with van der Waals surface area (Å²) in [6, 6.07) is 26.8. The second-order valence-corrected chi connectivity index (χ2v) is 13.2. The summed E-state index contributed by atoms with van der Waals surface area (Å²) in [5.74, 6) is 0.347. The molecule has 45 heavy (non-hydrogen) atoms. The third-order valence-electron chi connectivity index (χ3n) is 7.39. The Morgan fingerprint density at radius 2 is 1.64 bits per heavy atom. The summed E-state index contributed by atoms with van der Waals surface area (Å²) in [4.78, 5) is 17.0. The second kappa shape index (κ2) is 14.3. The maximum atomic E-state index is 13.2. The zero-order chi connectivity index (χ0) is 32.0. The number of anilines is 1. The molecular weight excluding hydrogens is 629 g/mol. The molecule has 0 spiro atoms. The number of carbonyl (C=O) groups excluding carboxylic acids is 1. The number of ether oxygens (including phenoxy) is 1. The van der Waals surface area contributed by atoms with Crippen molar-refractivity contribution >= 4 is 44.9 Å². The largest absolute Gasteiger partial charge is 0.465 e. The highest BCUT2D eigenvalue weighted by atomic mass is 35.5. The number of imidazole rings is 1. The van der Waals surface area contributed by atoms with E-state index in [0.29, 0.717) is 40.0 Å². The van der Waals surface area contributed by atoms with Gasteiger partial charge in [0.15, 0.2) is 0 Å². The van der Waals surface area contributed by atoms with Crippen molar-refractivity contribution in [1.29, 1.82) is 0 Å². The van der Waals surface area contributed by atoms with Gasteiger partial charge in [0.25, 0.3) is 10.0 Å². The van der Waals surface area contributed by atoms with Crippen LogP contribution in [-0.2, 0) is 34.1 Å². The Morgan fingerprint density at radius 1 is 0.911 bits per heavy atom. The third-order valence-corrected chi connectivity index (χ3v) is 9.33. The van der Waals surface area contributed by atoms with Crippen LogP contribution in [-0.4, -0.2) is 31.0 Å². The van der Waals surface area contributed by atoms with Crippen LogP contribution in [0, 0.1) is 0 Å². The van der Waals surface area contributed by atoms with E-state index in [0.717, 1.165) is 47.3 Å². The van der Waals surface area contributed by atoms with Crippen LogP contribution < -0.4 is 4.72 Å². The van der Waals surface area contributed by atoms with Gasteiger partial charge in [-0.05, 0) is 84.1 Å². The van der Waals surface area contributed by atoms with Gasteiger partial charge in [0, 0.05) is 35.4 Å². The highest BCUT2D eigenvalue weighted by Crippen LogP contribution is 2.31. The first kappa shape index (κ1) is 32.3. The van der Waals surface area contributed by atoms with E-state index in [9.17, 15) is 13.2 Å². The summed E-state index contributed by atoms with van der Waals surface area (Å²) in [6.07, 6.45) is 5.42. The van der Waals surface area contributed by atoms with E-state index in [-0.39, 0.29) is 4.90 Å². The first-order valence-corrected chi connectivity index (χ1v) is 16.8. The number of hydrogen-bond donors (Lipinski definition) is 1. The molecule has 4 aromatic carbocycles. The summed E-state index contributed by atoms with van der Waals surface area (Å²) in [5, 5.41) is 1.01. The van der Waals surface area contributed by atoms with E-state index in [1.807, 2.05) is 59.3 Å². The van der Waals surface area contributed by atoms with E-state index in [4.69, 9.17) is 32.9 Å². The van der Waals surface area contributed by atoms with Crippen molar-refractivity contribution in [1.82, 2.24) is 9.55 Å². The molecular formula is C35H33Cl2N3O4S. The fourth-order valence-electron chi connectivity index (χ4n) is 4.98.